The van der Waals surface area contributed by atoms with Crippen molar-refractivity contribution in [3.63, 3.8) is 0 Å². The minimum atomic E-state index is -2.27. The van der Waals surface area contributed by atoms with E-state index >= 15 is 0 Å². The van der Waals surface area contributed by atoms with Crippen molar-refractivity contribution in [1.29, 1.82) is 10.8 Å². The van der Waals surface area contributed by atoms with E-state index in [-0.39, 0.29) is 102 Å². The van der Waals surface area contributed by atoms with Gasteiger partial charge in [0, 0.05) is 25.9 Å². The van der Waals surface area contributed by atoms with Gasteiger partial charge in [-0.2, -0.15) is 0 Å². The molecule has 15 atom stereocenters. The molecule has 0 aromatic rings. The molecule has 48 nitrogen and oxygen atoms in total. The quantitative estimate of drug-likeness (QED) is 0.0153. The van der Waals surface area contributed by atoms with Crippen molar-refractivity contribution < 1.29 is 116 Å². The Morgan fingerprint density at radius 1 is 0.328 bits per heavy atom. The number of guanidine groups is 2. The summed E-state index contributed by atoms with van der Waals surface area (Å²) in [4.78, 5) is 270. The van der Waals surface area contributed by atoms with Gasteiger partial charge < -0.3 is 140 Å². The molecule has 0 rings (SSSR count). The van der Waals surface area contributed by atoms with E-state index in [1.54, 1.807) is 69.2 Å². The summed E-state index contributed by atoms with van der Waals surface area (Å²) in [7, 11) is 0. The van der Waals surface area contributed by atoms with E-state index in [1.807, 2.05) is 5.32 Å². The SMILES string of the molecule is CC[C@H](C)[C@H](NC(=O)[C@H](C)N)C(=O)N[C@@H](CCCNC(=N)N)C(=O)N[C@@H](CC(N)=O)C(=O)N[C@@H](CC(=O)O)C(=O)N[C@@H](CCC(=O)O)C(=O)N[C@@H](CCC(=O)O)C(=O)N[C@@H](CC(C)C)C(=O)N[C@@H](CC(N)=O)C(=O)N[C@@H](CCCCN)C(=O)N[C@@H](CC(C)C)C(=O)N[C@@H](CC(C)C)C(=O)NCC(=O)N[C@@H](CCCNC(=N)N)C(=O)N[C@H](C(=O)O)C(C)C. The van der Waals surface area contributed by atoms with Gasteiger partial charge in [0.05, 0.1) is 31.8 Å². The zero-order chi connectivity index (χ0) is 93.5. The van der Waals surface area contributed by atoms with Gasteiger partial charge in [-0.05, 0) is 120 Å². The molecule has 48 heteroatoms. The van der Waals surface area contributed by atoms with Crippen molar-refractivity contribution in [2.24, 2.45) is 64.0 Å². The van der Waals surface area contributed by atoms with E-state index in [9.17, 15) is 116 Å². The predicted octanol–water partition coefficient (Wildman–Crippen LogP) is -7.71. The standard InChI is InChI=1S/C74H130N24O24/c1-12-38(10)58(98-59(108)39(11)76)71(120)90-42(19-16-26-84-74(81)82)62(111)94-49(31-52(78)100)69(118)96-50(32-56(106)107)70(119)89-43(20-22-54(102)103)63(112)88-44(21-23-55(104)105)64(113)93-47(29-36(6)7)67(116)95-48(30-51(77)99)68(117)87-41(17-13-14-24-75)61(110)92-46(28-35(4)5)66(115)91-45(27-34(2)3)60(109)85-33-53(101)86-40(18-15-25-83-73(79)80)65(114)97-57(37(8)9)72(121)122/h34-50,57-58H,12-33,75-76H2,1-11H3,(H2,77,99)(H2,78,100)(H,85,109)(H,86,101)(H,87,117)(H,88,112)(H,89,119)(H,90,120)(H,91,115)(H,92,110)(H,93,113)(H,94,111)(H,95,116)(H,96,118)(H,97,114)(H,98,108)(H,102,103)(H,104,105)(H,106,107)(H,121,122)(H4,79,80,83)(H4,81,82,84)/t38-,39-,40-,41-,42-,43-,44-,45-,46-,47-,48-,49-,50-,57-,58-/m0/s1. The number of nitrogens with two attached hydrogens (primary N) is 6. The Balaban J connectivity index is 7.32. The Bertz CT molecular complexity index is 3620. The Hall–Kier alpha value is -12.1. The summed E-state index contributed by atoms with van der Waals surface area (Å²) in [5.74, 6) is -27.4. The molecule has 0 spiro atoms. The molecule has 690 valence electrons. The molecule has 0 heterocycles. The molecule has 0 radical (unpaired) electrons. The number of rotatable bonds is 62. The lowest BCUT2D eigenvalue weighted by Crippen LogP contribution is -2.61. The Kier molecular flexibility index (Phi) is 51.5. The van der Waals surface area contributed by atoms with Crippen LogP contribution in [0.4, 0.5) is 0 Å². The van der Waals surface area contributed by atoms with Gasteiger partial charge in [0.25, 0.3) is 0 Å². The number of carbonyl (C=O) groups is 20. The summed E-state index contributed by atoms with van der Waals surface area (Å²) < 4.78 is 0. The number of unbranched alkanes of at least 4 members (excludes halogenated alkanes) is 1. The molecule has 0 saturated heterocycles. The third-order valence-corrected chi connectivity index (χ3v) is 18.4. The summed E-state index contributed by atoms with van der Waals surface area (Å²) in [5.41, 5.74) is 33.3. The van der Waals surface area contributed by atoms with Crippen molar-refractivity contribution >= 4 is 130 Å². The van der Waals surface area contributed by atoms with Crippen LogP contribution in [0.15, 0.2) is 0 Å². The van der Waals surface area contributed by atoms with Crippen molar-refractivity contribution in [2.75, 3.05) is 26.2 Å². The normalized spacial score (nSPS) is 14.8. The van der Waals surface area contributed by atoms with E-state index in [1.165, 1.54) is 6.92 Å². The highest BCUT2D eigenvalue weighted by Crippen LogP contribution is 2.16. The van der Waals surface area contributed by atoms with Crippen LogP contribution in [0.5, 0.6) is 0 Å². The molecule has 0 saturated carbocycles. The fourth-order valence-electron chi connectivity index (χ4n) is 11.7. The molecule has 0 aliphatic rings. The van der Waals surface area contributed by atoms with E-state index < -0.39 is 278 Å². The molecule has 0 aliphatic carbocycles. The summed E-state index contributed by atoms with van der Waals surface area (Å²) in [6.45, 7) is 17.2. The first-order valence-corrected chi connectivity index (χ1v) is 40.1. The second-order valence-electron chi connectivity index (χ2n) is 31.1. The maximum atomic E-state index is 14.5. The molecular weight excluding hydrogens is 1610 g/mol. The topological polar surface area (TPSA) is 819 Å². The van der Waals surface area contributed by atoms with Crippen LogP contribution in [0.2, 0.25) is 0 Å². The van der Waals surface area contributed by atoms with Crippen LogP contribution < -0.4 is 119 Å². The number of carboxylic acids is 4. The van der Waals surface area contributed by atoms with Gasteiger partial charge in [-0.15, -0.1) is 0 Å². The number of carbonyl (C=O) groups excluding carboxylic acids is 16. The maximum Gasteiger partial charge on any atom is 0.326 e. The maximum absolute atomic E-state index is 14.5. The van der Waals surface area contributed by atoms with Gasteiger partial charge in [0.1, 0.15) is 78.5 Å². The zero-order valence-corrected chi connectivity index (χ0v) is 70.9. The molecular formula is C74H130N24O24. The second kappa shape index (κ2) is 57.2. The number of nitrogens with one attached hydrogen (secondary N) is 18. The van der Waals surface area contributed by atoms with Crippen LogP contribution in [-0.2, 0) is 95.9 Å². The van der Waals surface area contributed by atoms with Gasteiger partial charge >= 0.3 is 23.9 Å². The minimum absolute atomic E-state index is 0.00274. The average molecular weight is 1740 g/mol. The molecule has 0 fully saturated rings. The highest BCUT2D eigenvalue weighted by atomic mass is 16.4. The minimum Gasteiger partial charge on any atom is -0.481 e. The number of amides is 16. The monoisotopic (exact) mass is 1740 g/mol. The highest BCUT2D eigenvalue weighted by molar-refractivity contribution is 6.02. The summed E-state index contributed by atoms with van der Waals surface area (Å²) in [5, 5.41) is 92.4. The van der Waals surface area contributed by atoms with Crippen LogP contribution in [-0.4, -0.2) is 262 Å². The van der Waals surface area contributed by atoms with Crippen LogP contribution in [0.3, 0.4) is 0 Å². The lowest BCUT2D eigenvalue weighted by molar-refractivity contribution is -0.143. The Labute approximate surface area is 706 Å². The number of hydrogen-bond donors (Lipinski definition) is 28. The van der Waals surface area contributed by atoms with Crippen LogP contribution in [0.1, 0.15) is 192 Å². The molecule has 0 bridgehead atoms. The van der Waals surface area contributed by atoms with E-state index in [2.05, 4.69) is 79.8 Å². The van der Waals surface area contributed by atoms with Gasteiger partial charge in [0.15, 0.2) is 11.9 Å². The van der Waals surface area contributed by atoms with Crippen molar-refractivity contribution in [3.8, 4) is 0 Å². The first-order chi connectivity index (χ1) is 56.8. The van der Waals surface area contributed by atoms with Gasteiger partial charge in [-0.3, -0.25) is 102 Å². The zero-order valence-electron chi connectivity index (χ0n) is 70.9. The first-order valence-electron chi connectivity index (χ1n) is 40.1. The number of hydrogen-bond acceptors (Lipinski definition) is 24. The van der Waals surface area contributed by atoms with Crippen molar-refractivity contribution in [3.05, 3.63) is 0 Å². The third kappa shape index (κ3) is 45.9. The summed E-state index contributed by atoms with van der Waals surface area (Å²) >= 11 is 0. The molecule has 34 N–H and O–H groups in total. The van der Waals surface area contributed by atoms with Gasteiger partial charge in [-0.1, -0.05) is 75.7 Å². The number of aliphatic carboxylic acids is 4. The van der Waals surface area contributed by atoms with E-state index in [0.29, 0.717) is 6.42 Å². The molecule has 16 amide bonds. The fraction of sp³-hybridized carbons (Fsp3) is 0.703. The van der Waals surface area contributed by atoms with Crippen molar-refractivity contribution in [2.45, 2.75) is 276 Å². The molecule has 0 unspecified atom stereocenters. The highest BCUT2D eigenvalue weighted by Gasteiger charge is 2.40. The Morgan fingerprint density at radius 3 is 0.951 bits per heavy atom. The summed E-state index contributed by atoms with van der Waals surface area (Å²) in [6.07, 6.45) is -6.93. The molecule has 122 heavy (non-hydrogen) atoms. The Morgan fingerprint density at radius 2 is 0.631 bits per heavy atom. The molecule has 0 aromatic carbocycles. The summed E-state index contributed by atoms with van der Waals surface area (Å²) in [6, 6.07) is -23.2. The average Bonchev–Trinajstić information content (AvgIpc) is 0.856. The fourth-order valence-corrected chi connectivity index (χ4v) is 11.7. The van der Waals surface area contributed by atoms with Crippen LogP contribution in [0, 0.1) is 40.4 Å². The number of carboxylic acid groups (broad SMARTS) is 4. The lowest BCUT2D eigenvalue weighted by atomic mass is 9.97. The smallest absolute Gasteiger partial charge is 0.326 e. The molecule has 0 aliphatic heterocycles. The predicted molar refractivity (Wildman–Crippen MR) is 437 cm³/mol. The van der Waals surface area contributed by atoms with Gasteiger partial charge in [0.2, 0.25) is 94.5 Å². The van der Waals surface area contributed by atoms with Crippen LogP contribution in [0.25, 0.3) is 0 Å². The first kappa shape index (κ1) is 110. The van der Waals surface area contributed by atoms with E-state index in [4.69, 9.17) is 45.2 Å². The molecule has 0 aromatic heterocycles. The lowest BCUT2D eigenvalue weighted by Gasteiger charge is -2.29. The third-order valence-electron chi connectivity index (χ3n) is 18.4. The largest absolute Gasteiger partial charge is 0.481 e. The van der Waals surface area contributed by atoms with E-state index in [0.717, 1.165) is 0 Å². The van der Waals surface area contributed by atoms with Crippen molar-refractivity contribution in [1.82, 2.24) is 85.1 Å². The van der Waals surface area contributed by atoms with Crippen LogP contribution >= 0.6 is 0 Å². The second-order valence-corrected chi connectivity index (χ2v) is 31.1. The van der Waals surface area contributed by atoms with Gasteiger partial charge in [-0.25, -0.2) is 4.79 Å². The number of primary amides is 2.